The van der Waals surface area contributed by atoms with Crippen LogP contribution in [0.3, 0.4) is 0 Å². The van der Waals surface area contributed by atoms with Crippen LogP contribution in [0.4, 0.5) is 0 Å². The molecule has 1 fully saturated rings. The minimum absolute atomic E-state index is 0.115. The summed E-state index contributed by atoms with van der Waals surface area (Å²) in [7, 11) is 2.97. The summed E-state index contributed by atoms with van der Waals surface area (Å²) in [6, 6.07) is 2.72. The van der Waals surface area contributed by atoms with Gasteiger partial charge in [-0.1, -0.05) is 0 Å². The molecule has 0 N–H and O–H groups in total. The summed E-state index contributed by atoms with van der Waals surface area (Å²) in [5.74, 6) is 0.583. The van der Waals surface area contributed by atoms with E-state index in [-0.39, 0.29) is 22.9 Å². The number of fused-ring (bicyclic) bond motifs is 1. The predicted molar refractivity (Wildman–Crippen MR) is 115 cm³/mol. The van der Waals surface area contributed by atoms with E-state index in [0.29, 0.717) is 44.3 Å². The molecule has 32 heavy (non-hydrogen) atoms. The van der Waals surface area contributed by atoms with Crippen molar-refractivity contribution in [1.29, 1.82) is 0 Å². The molecule has 4 rings (SSSR count). The van der Waals surface area contributed by atoms with E-state index in [9.17, 15) is 19.2 Å². The van der Waals surface area contributed by atoms with Crippen molar-refractivity contribution in [3.05, 3.63) is 50.8 Å². The molecule has 0 aliphatic carbocycles. The zero-order valence-corrected chi connectivity index (χ0v) is 18.6. The fraction of sp³-hybridized carbons (Fsp3) is 0.476. The monoisotopic (exact) mass is 442 g/mol. The van der Waals surface area contributed by atoms with E-state index in [4.69, 9.17) is 4.42 Å². The van der Waals surface area contributed by atoms with Gasteiger partial charge in [0.05, 0.1) is 18.8 Å². The minimum atomic E-state index is -0.609. The van der Waals surface area contributed by atoms with E-state index in [2.05, 4.69) is 9.88 Å². The number of rotatable bonds is 5. The average molecular weight is 442 g/mol. The third kappa shape index (κ3) is 3.58. The molecule has 1 aliphatic heterocycles. The van der Waals surface area contributed by atoms with Crippen LogP contribution < -0.4 is 11.2 Å². The summed E-state index contributed by atoms with van der Waals surface area (Å²) in [5, 5.41) is 0. The number of ketones is 1. The van der Waals surface area contributed by atoms with Crippen LogP contribution in [0.2, 0.25) is 0 Å². The fourth-order valence-corrected chi connectivity index (χ4v) is 4.04. The first-order valence-electron chi connectivity index (χ1n) is 10.4. The highest BCUT2D eigenvalue weighted by Crippen LogP contribution is 2.21. The van der Waals surface area contributed by atoms with Crippen LogP contribution in [0, 0.1) is 0 Å². The van der Waals surface area contributed by atoms with E-state index >= 15 is 0 Å². The summed E-state index contributed by atoms with van der Waals surface area (Å²) in [6.07, 6.45) is 1.47. The molecule has 11 heteroatoms. The normalized spacial score (nSPS) is 15.9. The highest BCUT2D eigenvalue weighted by atomic mass is 16.3. The first-order valence-corrected chi connectivity index (χ1v) is 10.4. The number of amides is 1. The van der Waals surface area contributed by atoms with Crippen LogP contribution in [0.25, 0.3) is 11.2 Å². The van der Waals surface area contributed by atoms with E-state index < -0.39 is 17.3 Å². The smallest absolute Gasteiger partial charge is 0.332 e. The predicted octanol–water partition coefficient (Wildman–Crippen LogP) is 0.135. The van der Waals surface area contributed by atoms with E-state index in [1.807, 2.05) is 0 Å². The van der Waals surface area contributed by atoms with Crippen molar-refractivity contribution in [2.24, 2.45) is 14.1 Å². The molecule has 1 saturated heterocycles. The average Bonchev–Trinajstić information content (AvgIpc) is 3.44. The Kier molecular flexibility index (Phi) is 5.59. The molecule has 170 valence electrons. The first kappa shape index (κ1) is 21.8. The van der Waals surface area contributed by atoms with Crippen LogP contribution in [0.5, 0.6) is 0 Å². The molecule has 1 amide bonds. The van der Waals surface area contributed by atoms with Gasteiger partial charge in [0.15, 0.2) is 22.7 Å². The molecular formula is C21H26N6O5. The summed E-state index contributed by atoms with van der Waals surface area (Å²) in [6.45, 7) is 5.79. The number of piperazine rings is 1. The molecule has 0 unspecified atom stereocenters. The van der Waals surface area contributed by atoms with Gasteiger partial charge in [0.25, 0.3) is 11.5 Å². The van der Waals surface area contributed by atoms with Gasteiger partial charge >= 0.3 is 5.69 Å². The van der Waals surface area contributed by atoms with E-state index in [1.54, 1.807) is 35.6 Å². The molecule has 0 bridgehead atoms. The van der Waals surface area contributed by atoms with Gasteiger partial charge in [-0.3, -0.25) is 28.4 Å². The molecule has 3 aromatic rings. The number of hydrogen-bond acceptors (Lipinski definition) is 7. The lowest BCUT2D eigenvalue weighted by Crippen LogP contribution is -2.48. The molecule has 0 radical (unpaired) electrons. The van der Waals surface area contributed by atoms with Crippen LogP contribution in [0.15, 0.2) is 32.4 Å². The number of aromatic nitrogens is 4. The Morgan fingerprint density at radius 1 is 1.12 bits per heavy atom. The van der Waals surface area contributed by atoms with Crippen LogP contribution >= 0.6 is 0 Å². The Balaban J connectivity index is 1.64. The summed E-state index contributed by atoms with van der Waals surface area (Å²) >= 11 is 0. The second-order valence-corrected chi connectivity index (χ2v) is 8.11. The summed E-state index contributed by atoms with van der Waals surface area (Å²) in [4.78, 5) is 58.4. The number of furan rings is 1. The van der Waals surface area contributed by atoms with Crippen molar-refractivity contribution in [2.75, 3.05) is 26.2 Å². The van der Waals surface area contributed by atoms with E-state index in [1.165, 1.54) is 24.8 Å². The minimum Gasteiger partial charge on any atom is -0.459 e. The number of carbonyl (C=O) groups is 2. The van der Waals surface area contributed by atoms with Crippen molar-refractivity contribution in [3.63, 3.8) is 0 Å². The van der Waals surface area contributed by atoms with Crippen molar-refractivity contribution < 1.29 is 14.0 Å². The molecule has 0 saturated carbocycles. The van der Waals surface area contributed by atoms with Gasteiger partial charge in [-0.25, -0.2) is 9.78 Å². The number of imidazole rings is 1. The Morgan fingerprint density at radius 2 is 1.81 bits per heavy atom. The van der Waals surface area contributed by atoms with Crippen molar-refractivity contribution in [3.8, 4) is 0 Å². The lowest BCUT2D eigenvalue weighted by atomic mass is 10.2. The third-order valence-electron chi connectivity index (χ3n) is 6.10. The topological polar surface area (TPSA) is 116 Å². The van der Waals surface area contributed by atoms with Gasteiger partial charge in [0, 0.05) is 40.3 Å². The quantitative estimate of drug-likeness (QED) is 0.552. The van der Waals surface area contributed by atoms with Gasteiger partial charge in [-0.2, -0.15) is 0 Å². The Labute approximate surface area is 183 Å². The zero-order chi connectivity index (χ0) is 23.2. The molecule has 11 nitrogen and oxygen atoms in total. The fourth-order valence-electron chi connectivity index (χ4n) is 4.04. The standard InChI is InChI=1S/C21H26N6O5/c1-13(14(2)28)27-16(22-18-17(27)20(30)24(4)21(31)23(18)3)12-25-7-9-26(10-8-25)19(29)15-6-5-11-32-15/h5-6,11,13H,7-10,12H2,1-4H3/t13-/m0/s1. The Bertz CT molecular complexity index is 1290. The summed E-state index contributed by atoms with van der Waals surface area (Å²) < 4.78 is 9.19. The largest absolute Gasteiger partial charge is 0.459 e. The molecule has 0 aromatic carbocycles. The molecule has 4 heterocycles. The second-order valence-electron chi connectivity index (χ2n) is 8.11. The summed E-state index contributed by atoms with van der Waals surface area (Å²) in [5.41, 5.74) is -0.463. The van der Waals surface area contributed by atoms with E-state index in [0.717, 1.165) is 4.57 Å². The third-order valence-corrected chi connectivity index (χ3v) is 6.10. The maximum absolute atomic E-state index is 12.9. The number of hydrogen-bond donors (Lipinski definition) is 0. The zero-order valence-electron chi connectivity index (χ0n) is 18.6. The lowest BCUT2D eigenvalue weighted by molar-refractivity contribution is -0.119. The molecule has 3 aromatic heterocycles. The van der Waals surface area contributed by atoms with Gasteiger partial charge in [0.2, 0.25) is 0 Å². The highest BCUT2D eigenvalue weighted by molar-refractivity contribution is 5.91. The maximum Gasteiger partial charge on any atom is 0.332 e. The Morgan fingerprint density at radius 3 is 2.41 bits per heavy atom. The van der Waals surface area contributed by atoms with Crippen molar-refractivity contribution in [2.45, 2.75) is 26.4 Å². The number of aryl methyl sites for hydroxylation is 1. The maximum atomic E-state index is 12.9. The van der Waals surface area contributed by atoms with Crippen LogP contribution in [0.1, 0.15) is 36.3 Å². The number of Topliss-reactive ketones (excluding diaryl/α,β-unsaturated/α-hetero) is 1. The first-order chi connectivity index (χ1) is 15.2. The number of nitrogens with zero attached hydrogens (tertiary/aromatic N) is 6. The van der Waals surface area contributed by atoms with Gasteiger partial charge in [-0.05, 0) is 26.0 Å². The lowest BCUT2D eigenvalue weighted by Gasteiger charge is -2.34. The molecule has 1 atom stereocenters. The van der Waals surface area contributed by atoms with Gasteiger partial charge in [-0.15, -0.1) is 0 Å². The Hall–Kier alpha value is -3.47. The van der Waals surface area contributed by atoms with Crippen molar-refractivity contribution in [1.82, 2.24) is 28.5 Å². The molecule has 0 spiro atoms. The molecule has 1 aliphatic rings. The van der Waals surface area contributed by atoms with Crippen LogP contribution in [-0.4, -0.2) is 66.4 Å². The van der Waals surface area contributed by atoms with Crippen LogP contribution in [-0.2, 0) is 25.4 Å². The van der Waals surface area contributed by atoms with Gasteiger partial charge < -0.3 is 13.9 Å². The molecular weight excluding hydrogens is 416 g/mol. The SMILES string of the molecule is CC(=O)[C@H](C)n1c(CN2CCN(C(=O)c3ccco3)CC2)nc2c1c(=O)n(C)c(=O)n2C. The highest BCUT2D eigenvalue weighted by Gasteiger charge is 2.28. The second kappa shape index (κ2) is 8.23. The van der Waals surface area contributed by atoms with Crippen molar-refractivity contribution >= 4 is 22.9 Å². The number of carbonyl (C=O) groups excluding carboxylic acids is 2. The van der Waals surface area contributed by atoms with Gasteiger partial charge in [0.1, 0.15) is 5.82 Å².